The van der Waals surface area contributed by atoms with Crippen LogP contribution in [0, 0.1) is 11.2 Å². The first-order valence-electron chi connectivity index (χ1n) is 8.22. The van der Waals surface area contributed by atoms with E-state index in [1.54, 1.807) is 0 Å². The average Bonchev–Trinajstić information content (AvgIpc) is 2.55. The van der Waals surface area contributed by atoms with Gasteiger partial charge in [0.15, 0.2) is 6.61 Å². The van der Waals surface area contributed by atoms with E-state index in [0.717, 1.165) is 44.2 Å². The maximum absolute atomic E-state index is 13.3. The Morgan fingerprint density at radius 3 is 2.46 bits per heavy atom. The SMILES string of the molecule is Cl.NCC1(CC(=O)Nc2ccc(F)cc2OCC(F)(F)F)CCCCC1. The second-order valence-corrected chi connectivity index (χ2v) is 6.53. The molecular weight excluding hydrogens is 376 g/mol. The number of rotatable bonds is 6. The van der Waals surface area contributed by atoms with E-state index in [2.05, 4.69) is 10.1 Å². The van der Waals surface area contributed by atoms with Crippen LogP contribution in [0.2, 0.25) is 0 Å². The molecule has 0 radical (unpaired) electrons. The predicted octanol–water partition coefficient (Wildman–Crippen LogP) is 4.43. The molecule has 0 heterocycles. The topological polar surface area (TPSA) is 64.4 Å². The van der Waals surface area contributed by atoms with Crippen LogP contribution in [0.4, 0.5) is 23.2 Å². The number of anilines is 1. The van der Waals surface area contributed by atoms with Crippen molar-refractivity contribution in [3.8, 4) is 5.75 Å². The predicted molar refractivity (Wildman–Crippen MR) is 93.0 cm³/mol. The van der Waals surface area contributed by atoms with Crippen LogP contribution in [-0.4, -0.2) is 25.2 Å². The van der Waals surface area contributed by atoms with Gasteiger partial charge in [0.1, 0.15) is 11.6 Å². The Labute approximate surface area is 155 Å². The first-order chi connectivity index (χ1) is 11.7. The maximum atomic E-state index is 13.3. The minimum atomic E-state index is -4.56. The fraction of sp³-hybridized carbons (Fsp3) is 0.588. The van der Waals surface area contributed by atoms with Gasteiger partial charge in [-0.2, -0.15) is 13.2 Å². The lowest BCUT2D eigenvalue weighted by Crippen LogP contribution is -2.36. The van der Waals surface area contributed by atoms with Crippen LogP contribution in [0.5, 0.6) is 5.75 Å². The summed E-state index contributed by atoms with van der Waals surface area (Å²) < 4.78 is 54.9. The molecule has 1 amide bonds. The van der Waals surface area contributed by atoms with Crippen LogP contribution in [0.15, 0.2) is 18.2 Å². The van der Waals surface area contributed by atoms with Crippen LogP contribution in [0.1, 0.15) is 38.5 Å². The highest BCUT2D eigenvalue weighted by atomic mass is 35.5. The van der Waals surface area contributed by atoms with Crippen LogP contribution < -0.4 is 15.8 Å². The van der Waals surface area contributed by atoms with Crippen molar-refractivity contribution in [1.82, 2.24) is 0 Å². The molecule has 3 N–H and O–H groups in total. The second kappa shape index (κ2) is 9.41. The van der Waals surface area contributed by atoms with E-state index in [9.17, 15) is 22.4 Å². The number of halogens is 5. The maximum Gasteiger partial charge on any atom is 0.422 e. The molecule has 9 heteroatoms. The van der Waals surface area contributed by atoms with Gasteiger partial charge in [0.05, 0.1) is 5.69 Å². The summed E-state index contributed by atoms with van der Waals surface area (Å²) >= 11 is 0. The highest BCUT2D eigenvalue weighted by Gasteiger charge is 2.33. The summed E-state index contributed by atoms with van der Waals surface area (Å²) in [7, 11) is 0. The molecule has 0 atom stereocenters. The molecule has 1 aliphatic rings. The van der Waals surface area contributed by atoms with Crippen molar-refractivity contribution in [3.63, 3.8) is 0 Å². The second-order valence-electron chi connectivity index (χ2n) is 6.53. The zero-order chi connectivity index (χ0) is 18.5. The van der Waals surface area contributed by atoms with Crippen molar-refractivity contribution in [3.05, 3.63) is 24.0 Å². The Hall–Kier alpha value is -1.54. The Balaban J connectivity index is 0.00000338. The molecule has 1 fully saturated rings. The summed E-state index contributed by atoms with van der Waals surface area (Å²) in [6.45, 7) is -1.19. The van der Waals surface area contributed by atoms with Crippen molar-refractivity contribution in [1.29, 1.82) is 0 Å². The Bertz CT molecular complexity index is 605. The van der Waals surface area contributed by atoms with Crippen molar-refractivity contribution in [2.24, 2.45) is 11.1 Å². The van der Waals surface area contributed by atoms with Crippen molar-refractivity contribution < 1.29 is 27.1 Å². The Morgan fingerprint density at radius 2 is 1.88 bits per heavy atom. The third-order valence-electron chi connectivity index (χ3n) is 4.49. The number of carbonyl (C=O) groups is 1. The van der Waals surface area contributed by atoms with Crippen LogP contribution in [-0.2, 0) is 4.79 Å². The van der Waals surface area contributed by atoms with Gasteiger partial charge in [-0.3, -0.25) is 4.79 Å². The van der Waals surface area contributed by atoms with E-state index in [4.69, 9.17) is 5.73 Å². The molecule has 0 bridgehead atoms. The Kier molecular flexibility index (Phi) is 8.15. The zero-order valence-corrected chi connectivity index (χ0v) is 15.0. The molecule has 26 heavy (non-hydrogen) atoms. The average molecular weight is 399 g/mol. The van der Waals surface area contributed by atoms with Gasteiger partial charge < -0.3 is 15.8 Å². The van der Waals surface area contributed by atoms with Gasteiger partial charge in [-0.15, -0.1) is 12.4 Å². The number of ether oxygens (including phenoxy) is 1. The third-order valence-corrected chi connectivity index (χ3v) is 4.49. The van der Waals surface area contributed by atoms with Gasteiger partial charge >= 0.3 is 6.18 Å². The molecule has 1 aliphatic carbocycles. The number of carbonyl (C=O) groups excluding carboxylic acids is 1. The van der Waals surface area contributed by atoms with Crippen molar-refractivity contribution in [2.45, 2.75) is 44.7 Å². The Morgan fingerprint density at radius 1 is 1.23 bits per heavy atom. The van der Waals surface area contributed by atoms with Crippen LogP contribution in [0.25, 0.3) is 0 Å². The number of nitrogens with two attached hydrogens (primary N) is 1. The van der Waals surface area contributed by atoms with E-state index in [0.29, 0.717) is 6.54 Å². The normalized spacial score (nSPS) is 16.5. The molecule has 0 aliphatic heterocycles. The molecule has 2 rings (SSSR count). The number of benzene rings is 1. The number of amides is 1. The first-order valence-corrected chi connectivity index (χ1v) is 8.22. The van der Waals surface area contributed by atoms with Crippen molar-refractivity contribution >= 4 is 24.0 Å². The fourth-order valence-corrected chi connectivity index (χ4v) is 3.17. The number of hydrogen-bond donors (Lipinski definition) is 2. The van der Waals surface area contributed by atoms with Gasteiger partial charge in [-0.05, 0) is 36.9 Å². The molecule has 0 unspecified atom stereocenters. The minimum absolute atomic E-state index is 0. The minimum Gasteiger partial charge on any atom is -0.482 e. The molecule has 1 saturated carbocycles. The van der Waals surface area contributed by atoms with Gasteiger partial charge in [-0.25, -0.2) is 4.39 Å². The van der Waals surface area contributed by atoms with E-state index >= 15 is 0 Å². The van der Waals surface area contributed by atoms with E-state index in [1.165, 1.54) is 6.07 Å². The van der Waals surface area contributed by atoms with Gasteiger partial charge in [0.25, 0.3) is 0 Å². The molecule has 1 aromatic rings. The fourth-order valence-electron chi connectivity index (χ4n) is 3.17. The molecule has 4 nitrogen and oxygen atoms in total. The lowest BCUT2D eigenvalue weighted by molar-refractivity contribution is -0.153. The van der Waals surface area contributed by atoms with E-state index in [-0.39, 0.29) is 41.6 Å². The van der Waals surface area contributed by atoms with Gasteiger partial charge in [0.2, 0.25) is 5.91 Å². The van der Waals surface area contributed by atoms with E-state index in [1.807, 2.05) is 0 Å². The summed E-state index contributed by atoms with van der Waals surface area (Å²) in [6, 6.07) is 3.06. The number of alkyl halides is 3. The lowest BCUT2D eigenvalue weighted by atomic mass is 9.71. The summed E-state index contributed by atoms with van der Waals surface area (Å²) in [5.74, 6) is -1.46. The van der Waals surface area contributed by atoms with Gasteiger partial charge in [-0.1, -0.05) is 19.3 Å². The molecule has 0 saturated heterocycles. The third kappa shape index (κ3) is 6.64. The first kappa shape index (κ1) is 22.5. The molecule has 148 valence electrons. The summed E-state index contributed by atoms with van der Waals surface area (Å²) in [5.41, 5.74) is 5.58. The highest BCUT2D eigenvalue weighted by molar-refractivity contribution is 5.92. The molecular formula is C17H23ClF4N2O2. The summed E-state index contributed by atoms with van der Waals surface area (Å²) in [5, 5.41) is 2.53. The molecule has 1 aromatic carbocycles. The lowest BCUT2D eigenvalue weighted by Gasteiger charge is -2.35. The zero-order valence-electron chi connectivity index (χ0n) is 14.2. The van der Waals surface area contributed by atoms with E-state index < -0.39 is 18.6 Å². The standard InChI is InChI=1S/C17H22F4N2O2.ClH/c18-12-4-5-13(14(8-12)25-11-17(19,20)21)23-15(24)9-16(10-22)6-2-1-3-7-16;/h4-5,8H,1-3,6-7,9-11,22H2,(H,23,24);1H. The van der Waals surface area contributed by atoms with Crippen LogP contribution in [0.3, 0.4) is 0 Å². The largest absolute Gasteiger partial charge is 0.482 e. The smallest absolute Gasteiger partial charge is 0.422 e. The molecule has 0 spiro atoms. The highest BCUT2D eigenvalue weighted by Crippen LogP contribution is 2.39. The summed E-state index contributed by atoms with van der Waals surface area (Å²) in [4.78, 5) is 12.3. The quantitative estimate of drug-likeness (QED) is 0.697. The molecule has 0 aromatic heterocycles. The van der Waals surface area contributed by atoms with Crippen LogP contribution >= 0.6 is 12.4 Å². The number of nitrogens with one attached hydrogen (secondary N) is 1. The number of hydrogen-bond acceptors (Lipinski definition) is 3. The monoisotopic (exact) mass is 398 g/mol. The summed E-state index contributed by atoms with van der Waals surface area (Å²) in [6.07, 6.45) is 0.424. The van der Waals surface area contributed by atoms with Gasteiger partial charge in [0, 0.05) is 12.5 Å². The van der Waals surface area contributed by atoms with Crippen molar-refractivity contribution in [2.75, 3.05) is 18.5 Å².